The number of carboxylic acid groups (broad SMARTS) is 2. The Kier molecular flexibility index (Phi) is 13.9. The predicted molar refractivity (Wildman–Crippen MR) is 79.0 cm³/mol. The molecule has 0 spiro atoms. The average Bonchev–Trinajstić information content (AvgIpc) is 2.44. The van der Waals surface area contributed by atoms with Gasteiger partial charge >= 0.3 is 11.9 Å². The van der Waals surface area contributed by atoms with Crippen LogP contribution >= 0.6 is 9.24 Å². The van der Waals surface area contributed by atoms with Gasteiger partial charge in [0, 0.05) is 6.42 Å². The highest BCUT2D eigenvalue weighted by Crippen LogP contribution is 1.90. The molecule has 0 saturated carbocycles. The molecule has 10 heteroatoms. The van der Waals surface area contributed by atoms with Crippen LogP contribution in [0.3, 0.4) is 0 Å². The molecule has 0 radical (unpaired) electrons. The molecule has 0 saturated heterocycles. The smallest absolute Gasteiger partial charge is 0.322 e. The Labute approximate surface area is 124 Å². The van der Waals surface area contributed by atoms with Gasteiger partial charge in [-0.3, -0.25) is 14.4 Å². The highest BCUT2D eigenvalue weighted by molar-refractivity contribution is 7.16. The van der Waals surface area contributed by atoms with E-state index in [1.54, 1.807) is 7.05 Å². The highest BCUT2D eigenvalue weighted by Gasteiger charge is 2.13. The van der Waals surface area contributed by atoms with Gasteiger partial charge in [0.05, 0.1) is 6.04 Å². The molecule has 1 amide bonds. The lowest BCUT2D eigenvalue weighted by Crippen LogP contribution is -2.45. The third-order valence-electron chi connectivity index (χ3n) is 2.23. The van der Waals surface area contributed by atoms with Crippen LogP contribution in [0, 0.1) is 0 Å². The Bertz CT molecular complexity index is 349. The number of carbonyl (C=O) groups is 4. The molecule has 0 bridgehead atoms. The summed E-state index contributed by atoms with van der Waals surface area (Å²) in [6.45, 7) is -0.332. The number of hydrogen-bond acceptors (Lipinski definition) is 6. The maximum Gasteiger partial charge on any atom is 0.322 e. The largest absolute Gasteiger partial charge is 0.480 e. The van der Waals surface area contributed by atoms with Crippen molar-refractivity contribution in [1.29, 1.82) is 0 Å². The molecule has 0 aromatic carbocycles. The van der Waals surface area contributed by atoms with E-state index in [0.717, 1.165) is 0 Å². The Hall–Kier alpha value is -1.57. The summed E-state index contributed by atoms with van der Waals surface area (Å²) in [5.41, 5.74) is 5.04. The zero-order valence-electron chi connectivity index (χ0n) is 11.7. The topological polar surface area (TPSA) is 159 Å². The number of nitrogens with one attached hydrogen (secondary N) is 2. The minimum absolute atomic E-state index is 0.216. The summed E-state index contributed by atoms with van der Waals surface area (Å²) in [6.07, 6.45) is 1.65. The third-order valence-corrected chi connectivity index (χ3v) is 2.70. The fourth-order valence-corrected chi connectivity index (χ4v) is 1.46. The molecule has 0 aliphatic rings. The van der Waals surface area contributed by atoms with Gasteiger partial charge in [0.25, 0.3) is 0 Å². The number of aldehydes is 1. The van der Waals surface area contributed by atoms with Crippen molar-refractivity contribution in [2.75, 3.05) is 19.8 Å². The first-order chi connectivity index (χ1) is 9.79. The standard InChI is InChI=1S/C6H13N2O3P.C5H9NO3/c1-7-4(3-12)6(11)8-2-5(9)10;6-4(5(8)9)2-1-3-7/h4,7H,2-3,12H2,1H3,(H,8,11)(H,9,10);3-4H,1-2,6H2,(H,8,9). The van der Waals surface area contributed by atoms with Crippen molar-refractivity contribution < 1.29 is 29.4 Å². The van der Waals surface area contributed by atoms with Crippen LogP contribution in [0.15, 0.2) is 0 Å². The van der Waals surface area contributed by atoms with Crippen LogP contribution in [0.2, 0.25) is 0 Å². The molecular weight excluding hydrogens is 301 g/mol. The highest BCUT2D eigenvalue weighted by atomic mass is 31.0. The molecule has 3 unspecified atom stereocenters. The maximum absolute atomic E-state index is 11.1. The number of rotatable bonds is 9. The molecule has 122 valence electrons. The lowest BCUT2D eigenvalue weighted by molar-refractivity contribution is -0.139. The van der Waals surface area contributed by atoms with E-state index >= 15 is 0 Å². The van der Waals surface area contributed by atoms with E-state index < -0.39 is 18.0 Å². The quantitative estimate of drug-likeness (QED) is 0.241. The predicted octanol–water partition coefficient (Wildman–Crippen LogP) is -1.97. The normalized spacial score (nSPS) is 12.3. The van der Waals surface area contributed by atoms with Crippen LogP contribution in [0.25, 0.3) is 0 Å². The SMILES string of the molecule is CNC(CP)C(=O)NCC(=O)O.NC(CCC=O)C(=O)O. The van der Waals surface area contributed by atoms with Gasteiger partial charge in [0.2, 0.25) is 5.91 Å². The summed E-state index contributed by atoms with van der Waals surface area (Å²) in [5, 5.41) is 21.4. The lowest BCUT2D eigenvalue weighted by Gasteiger charge is -2.11. The molecule has 21 heavy (non-hydrogen) atoms. The van der Waals surface area contributed by atoms with E-state index in [1.165, 1.54) is 0 Å². The summed E-state index contributed by atoms with van der Waals surface area (Å²) in [4.78, 5) is 40.8. The molecule has 0 aromatic heterocycles. The lowest BCUT2D eigenvalue weighted by atomic mass is 10.2. The van der Waals surface area contributed by atoms with Crippen molar-refractivity contribution in [2.45, 2.75) is 24.9 Å². The fraction of sp³-hybridized carbons (Fsp3) is 0.636. The first kappa shape index (κ1) is 21.7. The van der Waals surface area contributed by atoms with Crippen LogP contribution in [0.5, 0.6) is 0 Å². The zero-order chi connectivity index (χ0) is 16.8. The Morgan fingerprint density at radius 1 is 1.33 bits per heavy atom. The van der Waals surface area contributed by atoms with E-state index in [4.69, 9.17) is 15.9 Å². The fourth-order valence-electron chi connectivity index (χ4n) is 1.01. The van der Waals surface area contributed by atoms with E-state index in [2.05, 4.69) is 19.9 Å². The van der Waals surface area contributed by atoms with Crippen LogP contribution < -0.4 is 16.4 Å². The minimum Gasteiger partial charge on any atom is -0.480 e. The molecule has 0 aliphatic carbocycles. The average molecular weight is 323 g/mol. The monoisotopic (exact) mass is 323 g/mol. The summed E-state index contributed by atoms with van der Waals surface area (Å²) in [6, 6.07) is -1.23. The van der Waals surface area contributed by atoms with Crippen LogP contribution in [0.1, 0.15) is 12.8 Å². The molecular formula is C11H22N3O6P. The number of nitrogens with two attached hydrogens (primary N) is 1. The molecule has 0 rings (SSSR count). The molecule has 0 fully saturated rings. The second-order valence-electron chi connectivity index (χ2n) is 3.88. The summed E-state index contributed by atoms with van der Waals surface area (Å²) >= 11 is 0. The van der Waals surface area contributed by atoms with E-state index in [-0.39, 0.29) is 31.3 Å². The second kappa shape index (κ2) is 13.4. The van der Waals surface area contributed by atoms with Gasteiger partial charge in [0.15, 0.2) is 0 Å². The summed E-state index contributed by atoms with van der Waals surface area (Å²) < 4.78 is 0. The van der Waals surface area contributed by atoms with E-state index in [1.807, 2.05) is 0 Å². The molecule has 6 N–H and O–H groups in total. The van der Waals surface area contributed by atoms with Gasteiger partial charge in [-0.25, -0.2) is 0 Å². The molecule has 3 atom stereocenters. The number of carbonyl (C=O) groups excluding carboxylic acids is 2. The number of aliphatic carboxylic acids is 2. The Balaban J connectivity index is 0. The number of likely N-dealkylation sites (N-methyl/N-ethyl adjacent to an activating group) is 1. The van der Waals surface area contributed by atoms with Crippen molar-refractivity contribution in [3.8, 4) is 0 Å². The molecule has 0 heterocycles. The molecule has 9 nitrogen and oxygen atoms in total. The minimum atomic E-state index is -1.06. The van der Waals surface area contributed by atoms with Crippen molar-refractivity contribution in [2.24, 2.45) is 5.73 Å². The van der Waals surface area contributed by atoms with Crippen molar-refractivity contribution in [3.63, 3.8) is 0 Å². The second-order valence-corrected chi connectivity index (χ2v) is 4.35. The van der Waals surface area contributed by atoms with Gasteiger partial charge in [-0.05, 0) is 19.6 Å². The summed E-state index contributed by atoms with van der Waals surface area (Å²) in [5.74, 6) is -2.39. The summed E-state index contributed by atoms with van der Waals surface area (Å²) in [7, 11) is 4.06. The van der Waals surface area contributed by atoms with Crippen molar-refractivity contribution in [3.05, 3.63) is 0 Å². The first-order valence-corrected chi connectivity index (χ1v) is 6.90. The molecule has 0 aliphatic heterocycles. The number of carboxylic acids is 2. The van der Waals surface area contributed by atoms with Crippen molar-refractivity contribution >= 4 is 33.4 Å². The van der Waals surface area contributed by atoms with E-state index in [0.29, 0.717) is 12.4 Å². The van der Waals surface area contributed by atoms with Crippen LogP contribution in [-0.2, 0) is 19.2 Å². The number of amides is 1. The third kappa shape index (κ3) is 13.2. The Morgan fingerprint density at radius 2 is 1.90 bits per heavy atom. The van der Waals surface area contributed by atoms with Crippen LogP contribution in [-0.4, -0.2) is 66.2 Å². The first-order valence-electron chi connectivity index (χ1n) is 6.08. The molecule has 0 aromatic rings. The van der Waals surface area contributed by atoms with Gasteiger partial charge in [-0.15, -0.1) is 9.24 Å². The van der Waals surface area contributed by atoms with Gasteiger partial charge in [-0.2, -0.15) is 0 Å². The van der Waals surface area contributed by atoms with E-state index in [9.17, 15) is 19.2 Å². The number of hydrogen-bond donors (Lipinski definition) is 5. The van der Waals surface area contributed by atoms with Gasteiger partial charge in [0.1, 0.15) is 18.9 Å². The Morgan fingerprint density at radius 3 is 2.24 bits per heavy atom. The van der Waals surface area contributed by atoms with Crippen molar-refractivity contribution in [1.82, 2.24) is 10.6 Å². The van der Waals surface area contributed by atoms with Crippen LogP contribution in [0.4, 0.5) is 0 Å². The zero-order valence-corrected chi connectivity index (χ0v) is 12.9. The maximum atomic E-state index is 11.1. The van der Waals surface area contributed by atoms with Gasteiger partial charge < -0.3 is 31.4 Å². The van der Waals surface area contributed by atoms with Gasteiger partial charge in [-0.1, -0.05) is 0 Å².